The molecule has 21 heavy (non-hydrogen) atoms. The van der Waals surface area contributed by atoms with Crippen molar-refractivity contribution in [3.8, 4) is 0 Å². The zero-order valence-electron chi connectivity index (χ0n) is 12.4. The molecule has 5 nitrogen and oxygen atoms in total. The first-order chi connectivity index (χ1) is 10.1. The maximum absolute atomic E-state index is 4.95. The van der Waals surface area contributed by atoms with Gasteiger partial charge in [-0.2, -0.15) is 0 Å². The van der Waals surface area contributed by atoms with Crippen LogP contribution in [0.5, 0.6) is 0 Å². The molecule has 3 rings (SSSR count). The van der Waals surface area contributed by atoms with Crippen molar-refractivity contribution in [1.82, 2.24) is 15.1 Å². The van der Waals surface area contributed by atoms with E-state index in [4.69, 9.17) is 4.52 Å². The highest BCUT2D eigenvalue weighted by molar-refractivity contribution is 5.89. The summed E-state index contributed by atoms with van der Waals surface area (Å²) < 4.78 is 4.95. The highest BCUT2D eigenvalue weighted by Gasteiger charge is 2.08. The summed E-state index contributed by atoms with van der Waals surface area (Å²) in [4.78, 5) is 8.68. The van der Waals surface area contributed by atoms with Crippen LogP contribution >= 0.6 is 0 Å². The summed E-state index contributed by atoms with van der Waals surface area (Å²) in [6.45, 7) is 6.91. The first-order valence-electron chi connectivity index (χ1n) is 7.03. The number of benzene rings is 1. The summed E-state index contributed by atoms with van der Waals surface area (Å²) in [5.74, 6) is 1.30. The van der Waals surface area contributed by atoms with Crippen molar-refractivity contribution in [2.45, 2.75) is 33.2 Å². The van der Waals surface area contributed by atoms with Crippen LogP contribution in [0.25, 0.3) is 10.9 Å². The van der Waals surface area contributed by atoms with E-state index in [0.29, 0.717) is 12.5 Å². The second-order valence-electron chi connectivity index (χ2n) is 5.45. The molecule has 0 radical (unpaired) electrons. The maximum Gasteiger partial charge on any atom is 0.137 e. The first-order valence-corrected chi connectivity index (χ1v) is 7.03. The summed E-state index contributed by atoms with van der Waals surface area (Å²) in [6, 6.07) is 6.31. The summed E-state index contributed by atoms with van der Waals surface area (Å²) in [5, 5.41) is 8.33. The largest absolute Gasteiger partial charge is 0.364 e. The minimum Gasteiger partial charge on any atom is -0.364 e. The highest BCUT2D eigenvalue weighted by atomic mass is 16.5. The van der Waals surface area contributed by atoms with Crippen LogP contribution in [0, 0.1) is 6.92 Å². The minimum absolute atomic E-state index is 0.472. The number of fused-ring (bicyclic) bond motifs is 1. The Morgan fingerprint density at radius 1 is 1.24 bits per heavy atom. The molecule has 3 aromatic rings. The van der Waals surface area contributed by atoms with E-state index in [9.17, 15) is 0 Å². The zero-order valence-corrected chi connectivity index (χ0v) is 12.4. The van der Waals surface area contributed by atoms with Gasteiger partial charge >= 0.3 is 0 Å². The third-order valence-electron chi connectivity index (χ3n) is 3.60. The molecular formula is C16H18N4O. The Hall–Kier alpha value is -2.43. The molecule has 0 spiro atoms. The van der Waals surface area contributed by atoms with Crippen LogP contribution in [-0.2, 0) is 6.54 Å². The second kappa shape index (κ2) is 5.52. The normalized spacial score (nSPS) is 11.2. The quantitative estimate of drug-likeness (QED) is 0.791. The molecule has 0 amide bonds. The number of hydrogen-bond donors (Lipinski definition) is 1. The van der Waals surface area contributed by atoms with E-state index in [0.717, 1.165) is 28.0 Å². The van der Waals surface area contributed by atoms with Crippen molar-refractivity contribution in [3.63, 3.8) is 0 Å². The van der Waals surface area contributed by atoms with E-state index < -0.39 is 0 Å². The van der Waals surface area contributed by atoms with Gasteiger partial charge in [-0.1, -0.05) is 25.1 Å². The number of aromatic nitrogens is 3. The molecule has 1 N–H and O–H groups in total. The molecule has 5 heteroatoms. The molecule has 0 saturated heterocycles. The third kappa shape index (κ3) is 2.72. The van der Waals surface area contributed by atoms with E-state index >= 15 is 0 Å². The van der Waals surface area contributed by atoms with Crippen LogP contribution in [0.4, 0.5) is 5.82 Å². The molecule has 108 valence electrons. The van der Waals surface area contributed by atoms with Crippen LogP contribution in [0.15, 0.2) is 35.3 Å². The van der Waals surface area contributed by atoms with Crippen molar-refractivity contribution in [3.05, 3.63) is 47.6 Å². The summed E-state index contributed by atoms with van der Waals surface area (Å²) in [7, 11) is 0. The van der Waals surface area contributed by atoms with E-state index in [1.807, 2.05) is 13.0 Å². The van der Waals surface area contributed by atoms with Crippen LogP contribution < -0.4 is 5.32 Å². The van der Waals surface area contributed by atoms with Gasteiger partial charge in [-0.25, -0.2) is 9.97 Å². The lowest BCUT2D eigenvalue weighted by molar-refractivity contribution is 0.412. The van der Waals surface area contributed by atoms with Crippen LogP contribution in [0.1, 0.15) is 36.6 Å². The van der Waals surface area contributed by atoms with Gasteiger partial charge < -0.3 is 9.84 Å². The number of hydrogen-bond acceptors (Lipinski definition) is 5. The fourth-order valence-corrected chi connectivity index (χ4v) is 2.22. The average Bonchev–Trinajstić information content (AvgIpc) is 2.89. The van der Waals surface area contributed by atoms with E-state index in [1.54, 1.807) is 12.6 Å². The van der Waals surface area contributed by atoms with E-state index in [-0.39, 0.29) is 0 Å². The number of rotatable bonds is 4. The maximum atomic E-state index is 4.95. The van der Waals surface area contributed by atoms with E-state index in [1.165, 1.54) is 5.56 Å². The molecule has 1 aromatic carbocycles. The second-order valence-corrected chi connectivity index (χ2v) is 5.45. The van der Waals surface area contributed by atoms with Gasteiger partial charge in [0.05, 0.1) is 12.1 Å². The number of anilines is 1. The Labute approximate surface area is 123 Å². The highest BCUT2D eigenvalue weighted by Crippen LogP contribution is 2.24. The van der Waals surface area contributed by atoms with Gasteiger partial charge in [0.2, 0.25) is 0 Å². The number of aryl methyl sites for hydroxylation is 1. The minimum atomic E-state index is 0.472. The topological polar surface area (TPSA) is 63.8 Å². The van der Waals surface area contributed by atoms with Crippen molar-refractivity contribution >= 4 is 16.7 Å². The zero-order chi connectivity index (χ0) is 14.8. The Morgan fingerprint density at radius 2 is 2.10 bits per heavy atom. The molecule has 0 aliphatic carbocycles. The lowest BCUT2D eigenvalue weighted by Crippen LogP contribution is -2.04. The van der Waals surface area contributed by atoms with Crippen molar-refractivity contribution in [2.75, 3.05) is 5.32 Å². The van der Waals surface area contributed by atoms with Gasteiger partial charge in [0.25, 0.3) is 0 Å². The lowest BCUT2D eigenvalue weighted by atomic mass is 10.0. The Balaban J connectivity index is 1.94. The molecule has 0 saturated carbocycles. The first kappa shape index (κ1) is 13.5. The van der Waals surface area contributed by atoms with Crippen LogP contribution in [0.3, 0.4) is 0 Å². The summed E-state index contributed by atoms with van der Waals surface area (Å²) >= 11 is 0. The van der Waals surface area contributed by atoms with Gasteiger partial charge in [-0.05, 0) is 30.5 Å². The van der Waals surface area contributed by atoms with Gasteiger partial charge in [0, 0.05) is 10.9 Å². The molecule has 0 aliphatic rings. The fraction of sp³-hybridized carbons (Fsp3) is 0.312. The van der Waals surface area contributed by atoms with Gasteiger partial charge in [-0.15, -0.1) is 0 Å². The SMILES string of the molecule is Cc1conc1CNc1ncnc2ccc(C(C)C)cc12. The average molecular weight is 282 g/mol. The number of nitrogens with one attached hydrogen (secondary N) is 1. The van der Waals surface area contributed by atoms with Gasteiger partial charge in [-0.3, -0.25) is 0 Å². The van der Waals surface area contributed by atoms with Crippen molar-refractivity contribution < 1.29 is 4.52 Å². The predicted octanol–water partition coefficient (Wildman–Crippen LogP) is 3.66. The van der Waals surface area contributed by atoms with Crippen LogP contribution in [-0.4, -0.2) is 15.1 Å². The van der Waals surface area contributed by atoms with Crippen molar-refractivity contribution in [1.29, 1.82) is 0 Å². The molecule has 0 atom stereocenters. The number of nitrogens with zero attached hydrogens (tertiary/aromatic N) is 3. The molecular weight excluding hydrogens is 264 g/mol. The Kier molecular flexibility index (Phi) is 3.56. The predicted molar refractivity (Wildman–Crippen MR) is 82.2 cm³/mol. The monoisotopic (exact) mass is 282 g/mol. The smallest absolute Gasteiger partial charge is 0.137 e. The third-order valence-corrected chi connectivity index (χ3v) is 3.60. The Bertz CT molecular complexity index is 764. The molecule has 0 aliphatic heterocycles. The lowest BCUT2D eigenvalue weighted by Gasteiger charge is -2.10. The molecule has 2 aromatic heterocycles. The standard InChI is InChI=1S/C16H18N4O/c1-10(2)12-4-5-14-13(6-12)16(19-9-18-14)17-7-15-11(3)8-21-20-15/h4-6,8-10H,7H2,1-3H3,(H,17,18,19). The molecule has 0 unspecified atom stereocenters. The Morgan fingerprint density at radius 3 is 2.81 bits per heavy atom. The van der Waals surface area contributed by atoms with E-state index in [2.05, 4.69) is 46.4 Å². The molecule has 0 bridgehead atoms. The van der Waals surface area contributed by atoms with Gasteiger partial charge in [0.15, 0.2) is 0 Å². The van der Waals surface area contributed by atoms with Crippen LogP contribution in [0.2, 0.25) is 0 Å². The molecule has 2 heterocycles. The summed E-state index contributed by atoms with van der Waals surface area (Å²) in [5.41, 5.74) is 4.14. The molecule has 0 fully saturated rings. The summed E-state index contributed by atoms with van der Waals surface area (Å²) in [6.07, 6.45) is 3.22. The van der Waals surface area contributed by atoms with Gasteiger partial charge in [0.1, 0.15) is 24.1 Å². The van der Waals surface area contributed by atoms with Crippen molar-refractivity contribution in [2.24, 2.45) is 0 Å². The fourth-order valence-electron chi connectivity index (χ4n) is 2.22.